The van der Waals surface area contributed by atoms with E-state index in [4.69, 9.17) is 4.74 Å². The molecule has 1 N–H and O–H groups in total. The van der Waals surface area contributed by atoms with Crippen LogP contribution in [0.5, 0.6) is 5.75 Å². The average Bonchev–Trinajstić information content (AvgIpc) is 3.33. The third-order valence-corrected chi connectivity index (χ3v) is 7.22. The molecule has 1 aliphatic rings. The molecule has 0 aliphatic heterocycles. The van der Waals surface area contributed by atoms with Crippen LogP contribution in [0.4, 0.5) is 5.69 Å². The molecule has 3 rings (SSSR count). The van der Waals surface area contributed by atoms with Crippen LogP contribution in [0.1, 0.15) is 38.2 Å². The fraction of sp³-hybridized carbons (Fsp3) is 0.440. The maximum Gasteiger partial charge on any atom is 0.244 e. The number of sulfonamides is 1. The lowest BCUT2D eigenvalue weighted by Crippen LogP contribution is -2.52. The molecule has 184 valence electrons. The first-order valence-electron chi connectivity index (χ1n) is 11.4. The van der Waals surface area contributed by atoms with E-state index in [1.807, 2.05) is 12.1 Å². The summed E-state index contributed by atoms with van der Waals surface area (Å²) in [6, 6.07) is 15.1. The summed E-state index contributed by atoms with van der Waals surface area (Å²) >= 11 is 0. The lowest BCUT2D eigenvalue weighted by molar-refractivity contribution is -0.139. The van der Waals surface area contributed by atoms with E-state index in [2.05, 4.69) is 5.32 Å². The molecule has 1 unspecified atom stereocenters. The molecule has 0 bridgehead atoms. The summed E-state index contributed by atoms with van der Waals surface area (Å²) in [4.78, 5) is 28.0. The summed E-state index contributed by atoms with van der Waals surface area (Å²) in [5.41, 5.74) is 1.17. The zero-order chi connectivity index (χ0) is 24.7. The minimum absolute atomic E-state index is 0.112. The molecule has 0 spiro atoms. The molecular formula is C25H33N3O5S. The third-order valence-electron chi connectivity index (χ3n) is 6.08. The number of hydrogen-bond acceptors (Lipinski definition) is 5. The Morgan fingerprint density at radius 2 is 1.76 bits per heavy atom. The largest absolute Gasteiger partial charge is 0.497 e. The Morgan fingerprint density at radius 3 is 2.38 bits per heavy atom. The molecule has 1 aliphatic carbocycles. The number of carbonyl (C=O) groups excluding carboxylic acids is 2. The summed E-state index contributed by atoms with van der Waals surface area (Å²) < 4.78 is 31.4. The van der Waals surface area contributed by atoms with Crippen molar-refractivity contribution < 1.29 is 22.7 Å². The van der Waals surface area contributed by atoms with Crippen LogP contribution in [-0.2, 0) is 26.2 Å². The normalized spacial score (nSPS) is 14.9. The van der Waals surface area contributed by atoms with E-state index in [9.17, 15) is 18.0 Å². The highest BCUT2D eigenvalue weighted by atomic mass is 32.2. The Bertz CT molecular complexity index is 1080. The predicted molar refractivity (Wildman–Crippen MR) is 132 cm³/mol. The second kappa shape index (κ2) is 11.4. The maximum atomic E-state index is 13.5. The number of anilines is 1. The Labute approximate surface area is 201 Å². The standard InChI is InChI=1S/C25H33N3O5S/c1-19(25(30)26-21-11-7-8-12-21)27(17-20-10-9-15-23(16-20)33-2)24(29)18-28(34(3,31)32)22-13-5-4-6-14-22/h4-6,9-10,13-16,19,21H,7-8,11-12,17-18H2,1-3H3,(H,26,30). The maximum absolute atomic E-state index is 13.5. The van der Waals surface area contributed by atoms with Gasteiger partial charge in [-0.25, -0.2) is 8.42 Å². The van der Waals surface area contributed by atoms with E-state index in [0.29, 0.717) is 11.4 Å². The van der Waals surface area contributed by atoms with Gasteiger partial charge in [0.2, 0.25) is 21.8 Å². The second-order valence-corrected chi connectivity index (χ2v) is 10.6. The van der Waals surface area contributed by atoms with Crippen molar-refractivity contribution in [2.24, 2.45) is 0 Å². The zero-order valence-corrected chi connectivity index (χ0v) is 20.8. The Kier molecular flexibility index (Phi) is 8.55. The van der Waals surface area contributed by atoms with Crippen molar-refractivity contribution in [1.29, 1.82) is 0 Å². The Hall–Kier alpha value is -3.07. The molecule has 0 aromatic heterocycles. The van der Waals surface area contributed by atoms with Crippen LogP contribution in [0.15, 0.2) is 54.6 Å². The van der Waals surface area contributed by atoms with Crippen molar-refractivity contribution in [2.75, 3.05) is 24.2 Å². The summed E-state index contributed by atoms with van der Waals surface area (Å²) in [6.45, 7) is 1.41. The van der Waals surface area contributed by atoms with Gasteiger partial charge >= 0.3 is 0 Å². The number of nitrogens with one attached hydrogen (secondary N) is 1. The van der Waals surface area contributed by atoms with Gasteiger partial charge in [0.15, 0.2) is 0 Å². The van der Waals surface area contributed by atoms with Crippen LogP contribution in [0.25, 0.3) is 0 Å². The fourth-order valence-corrected chi connectivity index (χ4v) is 5.00. The van der Waals surface area contributed by atoms with E-state index in [1.165, 1.54) is 4.90 Å². The van der Waals surface area contributed by atoms with Gasteiger partial charge in [0, 0.05) is 12.6 Å². The van der Waals surface area contributed by atoms with E-state index >= 15 is 0 Å². The quantitative estimate of drug-likeness (QED) is 0.556. The van der Waals surface area contributed by atoms with Crippen LogP contribution in [0.3, 0.4) is 0 Å². The molecule has 1 atom stereocenters. The van der Waals surface area contributed by atoms with Gasteiger partial charge < -0.3 is 15.0 Å². The van der Waals surface area contributed by atoms with Crippen LogP contribution in [-0.4, -0.2) is 57.1 Å². The minimum atomic E-state index is -3.73. The van der Waals surface area contributed by atoms with Crippen LogP contribution >= 0.6 is 0 Å². The minimum Gasteiger partial charge on any atom is -0.497 e. The van der Waals surface area contributed by atoms with Gasteiger partial charge in [-0.1, -0.05) is 43.2 Å². The molecule has 8 nitrogen and oxygen atoms in total. The van der Waals surface area contributed by atoms with Gasteiger partial charge in [-0.2, -0.15) is 0 Å². The molecule has 1 fully saturated rings. The number of methoxy groups -OCH3 is 1. The summed E-state index contributed by atoms with van der Waals surface area (Å²) in [5.74, 6) is -0.0741. The van der Waals surface area contributed by atoms with Gasteiger partial charge in [-0.3, -0.25) is 13.9 Å². The number of carbonyl (C=O) groups is 2. The van der Waals surface area contributed by atoms with E-state index in [0.717, 1.165) is 41.8 Å². The van der Waals surface area contributed by atoms with Gasteiger partial charge in [-0.15, -0.1) is 0 Å². The zero-order valence-electron chi connectivity index (χ0n) is 19.9. The molecule has 9 heteroatoms. The number of para-hydroxylation sites is 1. The van der Waals surface area contributed by atoms with Crippen molar-refractivity contribution in [1.82, 2.24) is 10.2 Å². The molecule has 0 saturated heterocycles. The highest BCUT2D eigenvalue weighted by molar-refractivity contribution is 7.92. The van der Waals surface area contributed by atoms with Crippen molar-refractivity contribution in [2.45, 2.75) is 51.2 Å². The lowest BCUT2D eigenvalue weighted by Gasteiger charge is -2.32. The van der Waals surface area contributed by atoms with Crippen molar-refractivity contribution in [3.63, 3.8) is 0 Å². The molecule has 0 radical (unpaired) electrons. The summed E-state index contributed by atoms with van der Waals surface area (Å²) in [7, 11) is -2.17. The monoisotopic (exact) mass is 487 g/mol. The summed E-state index contributed by atoms with van der Waals surface area (Å²) in [5, 5.41) is 3.05. The second-order valence-electron chi connectivity index (χ2n) is 8.64. The molecule has 0 heterocycles. The van der Waals surface area contributed by atoms with Crippen molar-refractivity contribution in [3.8, 4) is 5.75 Å². The number of benzene rings is 2. The van der Waals surface area contributed by atoms with E-state index in [-0.39, 0.29) is 18.5 Å². The van der Waals surface area contributed by atoms with Crippen LogP contribution < -0.4 is 14.4 Å². The number of rotatable bonds is 10. The highest BCUT2D eigenvalue weighted by Gasteiger charge is 2.31. The van der Waals surface area contributed by atoms with Gasteiger partial charge in [0.25, 0.3) is 0 Å². The van der Waals surface area contributed by atoms with Gasteiger partial charge in [0.05, 0.1) is 19.1 Å². The lowest BCUT2D eigenvalue weighted by atomic mass is 10.1. The van der Waals surface area contributed by atoms with Crippen LogP contribution in [0.2, 0.25) is 0 Å². The first-order chi connectivity index (χ1) is 16.2. The first kappa shape index (κ1) is 25.6. The third kappa shape index (κ3) is 6.72. The SMILES string of the molecule is COc1cccc(CN(C(=O)CN(c2ccccc2)S(C)(=O)=O)C(C)C(=O)NC2CCCC2)c1. The van der Waals surface area contributed by atoms with E-state index in [1.54, 1.807) is 56.5 Å². The van der Waals surface area contributed by atoms with Gasteiger partial charge in [-0.05, 0) is 49.6 Å². The molecule has 1 saturated carbocycles. The first-order valence-corrected chi connectivity index (χ1v) is 13.3. The van der Waals surface area contributed by atoms with Crippen molar-refractivity contribution in [3.05, 3.63) is 60.2 Å². The number of ether oxygens (including phenoxy) is 1. The number of nitrogens with zero attached hydrogens (tertiary/aromatic N) is 2. The number of hydrogen-bond donors (Lipinski definition) is 1. The highest BCUT2D eigenvalue weighted by Crippen LogP contribution is 2.21. The Balaban J connectivity index is 1.87. The molecule has 34 heavy (non-hydrogen) atoms. The molecule has 2 amide bonds. The smallest absolute Gasteiger partial charge is 0.244 e. The predicted octanol–water partition coefficient (Wildman–Crippen LogP) is 2.94. The number of amides is 2. The summed E-state index contributed by atoms with van der Waals surface area (Å²) in [6.07, 6.45) is 5.07. The van der Waals surface area contributed by atoms with Crippen LogP contribution in [0, 0.1) is 0 Å². The fourth-order valence-electron chi connectivity index (χ4n) is 4.15. The topological polar surface area (TPSA) is 96.0 Å². The molecule has 2 aromatic carbocycles. The molecule has 2 aromatic rings. The van der Waals surface area contributed by atoms with Gasteiger partial charge in [0.1, 0.15) is 18.3 Å². The average molecular weight is 488 g/mol. The van der Waals surface area contributed by atoms with Crippen molar-refractivity contribution >= 4 is 27.5 Å². The molecular weight excluding hydrogens is 454 g/mol. The Morgan fingerprint density at radius 1 is 1.09 bits per heavy atom. The van der Waals surface area contributed by atoms with E-state index < -0.39 is 28.5 Å².